The van der Waals surface area contributed by atoms with Crippen LogP contribution in [0.25, 0.3) is 0 Å². The molecule has 1 amide bonds. The molecule has 2 unspecified atom stereocenters. The first-order chi connectivity index (χ1) is 9.72. The highest BCUT2D eigenvalue weighted by atomic mass is 16.3. The second-order valence-corrected chi connectivity index (χ2v) is 5.41. The molecule has 1 aliphatic rings. The van der Waals surface area contributed by atoms with Crippen LogP contribution in [0.5, 0.6) is 0 Å². The summed E-state index contributed by atoms with van der Waals surface area (Å²) >= 11 is 0. The molecule has 1 N–H and O–H groups in total. The number of allylic oxidation sites excluding steroid dienone is 2. The monoisotopic (exact) mass is 273 g/mol. The maximum absolute atomic E-state index is 12.4. The molecule has 0 heterocycles. The summed E-state index contributed by atoms with van der Waals surface area (Å²) in [5.41, 5.74) is 1.08. The number of nitrogens with zero attached hydrogens (tertiary/aromatic N) is 1. The van der Waals surface area contributed by atoms with Crippen molar-refractivity contribution >= 4 is 5.91 Å². The summed E-state index contributed by atoms with van der Waals surface area (Å²) in [5.74, 6) is 0.541. The van der Waals surface area contributed by atoms with E-state index in [9.17, 15) is 9.90 Å². The zero-order valence-corrected chi connectivity index (χ0v) is 12.0. The predicted molar refractivity (Wildman–Crippen MR) is 80.1 cm³/mol. The average molecular weight is 273 g/mol. The molecule has 2 atom stereocenters. The third kappa shape index (κ3) is 3.70. The van der Waals surface area contributed by atoms with E-state index in [2.05, 4.69) is 12.2 Å². The molecule has 0 saturated carbocycles. The summed E-state index contributed by atoms with van der Waals surface area (Å²) < 4.78 is 0. The van der Waals surface area contributed by atoms with Crippen LogP contribution in [0.15, 0.2) is 42.5 Å². The van der Waals surface area contributed by atoms with Gasteiger partial charge in [0.2, 0.25) is 5.91 Å². The van der Waals surface area contributed by atoms with E-state index >= 15 is 0 Å². The van der Waals surface area contributed by atoms with Crippen LogP contribution >= 0.6 is 0 Å². The van der Waals surface area contributed by atoms with Gasteiger partial charge in [-0.15, -0.1) is 0 Å². The summed E-state index contributed by atoms with van der Waals surface area (Å²) in [6.07, 6.45) is 7.61. The number of benzene rings is 1. The third-order valence-electron chi connectivity index (χ3n) is 4.00. The van der Waals surface area contributed by atoms with Crippen LogP contribution in [0, 0.1) is 5.92 Å². The van der Waals surface area contributed by atoms with Gasteiger partial charge < -0.3 is 10.0 Å². The maximum Gasteiger partial charge on any atom is 0.223 e. The van der Waals surface area contributed by atoms with Crippen LogP contribution in [0.1, 0.15) is 37.3 Å². The predicted octanol–water partition coefficient (Wildman–Crippen LogP) is 2.92. The molecule has 1 aromatic rings. The van der Waals surface area contributed by atoms with Crippen molar-refractivity contribution in [1.29, 1.82) is 0 Å². The number of aliphatic hydroxyl groups excluding tert-OH is 1. The van der Waals surface area contributed by atoms with Gasteiger partial charge in [0.1, 0.15) is 0 Å². The average Bonchev–Trinajstić information content (AvgIpc) is 2.98. The minimum absolute atomic E-state index is 0.0425. The second-order valence-electron chi connectivity index (χ2n) is 5.41. The minimum Gasteiger partial charge on any atom is -0.396 e. The highest BCUT2D eigenvalue weighted by molar-refractivity contribution is 5.77. The van der Waals surface area contributed by atoms with Gasteiger partial charge in [-0.05, 0) is 30.7 Å². The molecule has 0 aliphatic heterocycles. The van der Waals surface area contributed by atoms with Crippen LogP contribution in [0.3, 0.4) is 0 Å². The highest BCUT2D eigenvalue weighted by Gasteiger charge is 2.23. The van der Waals surface area contributed by atoms with E-state index in [1.54, 1.807) is 4.90 Å². The van der Waals surface area contributed by atoms with Crippen LogP contribution in [0.2, 0.25) is 0 Å². The Kier molecular flexibility index (Phi) is 5.36. The molecule has 0 saturated heterocycles. The molecule has 108 valence electrons. The van der Waals surface area contributed by atoms with E-state index in [1.165, 1.54) is 0 Å². The first-order valence-electron chi connectivity index (χ1n) is 7.30. The van der Waals surface area contributed by atoms with Crippen molar-refractivity contribution in [3.8, 4) is 0 Å². The van der Waals surface area contributed by atoms with Crippen molar-refractivity contribution in [2.45, 2.75) is 31.7 Å². The van der Waals surface area contributed by atoms with Gasteiger partial charge in [0.15, 0.2) is 0 Å². The van der Waals surface area contributed by atoms with Gasteiger partial charge in [0.25, 0.3) is 0 Å². The number of hydrogen-bond donors (Lipinski definition) is 1. The molecule has 2 rings (SSSR count). The highest BCUT2D eigenvalue weighted by Crippen LogP contribution is 2.26. The maximum atomic E-state index is 12.4. The molecular formula is C17H23NO2. The number of aliphatic hydroxyl groups is 1. The fourth-order valence-electron chi connectivity index (χ4n) is 2.79. The van der Waals surface area contributed by atoms with Crippen molar-refractivity contribution < 1.29 is 9.90 Å². The van der Waals surface area contributed by atoms with Crippen molar-refractivity contribution in [2.75, 3.05) is 13.7 Å². The summed E-state index contributed by atoms with van der Waals surface area (Å²) in [4.78, 5) is 14.2. The van der Waals surface area contributed by atoms with E-state index in [-0.39, 0.29) is 18.6 Å². The van der Waals surface area contributed by atoms with Gasteiger partial charge in [-0.3, -0.25) is 4.79 Å². The van der Waals surface area contributed by atoms with Crippen LogP contribution < -0.4 is 0 Å². The van der Waals surface area contributed by atoms with E-state index in [1.807, 2.05) is 37.4 Å². The lowest BCUT2D eigenvalue weighted by atomic mass is 10.00. The molecule has 0 radical (unpaired) electrons. The Hall–Kier alpha value is -1.61. The quantitative estimate of drug-likeness (QED) is 0.810. The largest absolute Gasteiger partial charge is 0.396 e. The number of carbonyl (C=O) groups excluding carboxylic acids is 1. The van der Waals surface area contributed by atoms with Crippen molar-refractivity contribution in [3.05, 3.63) is 48.0 Å². The van der Waals surface area contributed by atoms with Gasteiger partial charge in [-0.2, -0.15) is 0 Å². The molecule has 0 bridgehead atoms. The van der Waals surface area contributed by atoms with Gasteiger partial charge in [-0.25, -0.2) is 0 Å². The Balaban J connectivity index is 2.04. The first kappa shape index (κ1) is 14.8. The Labute approximate surface area is 120 Å². The van der Waals surface area contributed by atoms with E-state index in [0.29, 0.717) is 18.8 Å². The van der Waals surface area contributed by atoms with Gasteiger partial charge in [-0.1, -0.05) is 42.5 Å². The summed E-state index contributed by atoms with van der Waals surface area (Å²) in [5, 5.41) is 9.26. The van der Waals surface area contributed by atoms with Crippen LogP contribution in [-0.4, -0.2) is 29.6 Å². The van der Waals surface area contributed by atoms with E-state index < -0.39 is 0 Å². The Morgan fingerprint density at radius 1 is 1.40 bits per heavy atom. The van der Waals surface area contributed by atoms with Crippen LogP contribution in [-0.2, 0) is 4.79 Å². The number of carbonyl (C=O) groups is 1. The normalized spacial score (nSPS) is 19.0. The van der Waals surface area contributed by atoms with Crippen LogP contribution in [0.4, 0.5) is 0 Å². The molecule has 0 spiro atoms. The lowest BCUT2D eigenvalue weighted by Crippen LogP contribution is -2.32. The standard InChI is InChI=1S/C17H23NO2/c1-18(17(20)13-14-7-5-6-8-14)16(11-12-19)15-9-3-2-4-10-15/h2-5,7,9-10,14,16,19H,6,8,11-13H2,1H3. The van der Waals surface area contributed by atoms with Gasteiger partial charge in [0.05, 0.1) is 6.04 Å². The summed E-state index contributed by atoms with van der Waals surface area (Å²) in [6.45, 7) is 0.0838. The lowest BCUT2D eigenvalue weighted by molar-refractivity contribution is -0.133. The number of amides is 1. The zero-order valence-electron chi connectivity index (χ0n) is 12.0. The number of hydrogen-bond acceptors (Lipinski definition) is 2. The molecule has 3 heteroatoms. The minimum atomic E-state index is -0.0425. The molecule has 3 nitrogen and oxygen atoms in total. The van der Waals surface area contributed by atoms with Gasteiger partial charge in [0, 0.05) is 20.1 Å². The second kappa shape index (κ2) is 7.25. The van der Waals surface area contributed by atoms with Crippen molar-refractivity contribution in [1.82, 2.24) is 4.90 Å². The molecular weight excluding hydrogens is 250 g/mol. The summed E-state index contributed by atoms with van der Waals surface area (Å²) in [7, 11) is 1.84. The van der Waals surface area contributed by atoms with Gasteiger partial charge >= 0.3 is 0 Å². The SMILES string of the molecule is CN(C(=O)CC1C=CCC1)C(CCO)c1ccccc1. The lowest BCUT2D eigenvalue weighted by Gasteiger charge is -2.29. The molecule has 20 heavy (non-hydrogen) atoms. The van der Waals surface area contributed by atoms with E-state index in [0.717, 1.165) is 18.4 Å². The topological polar surface area (TPSA) is 40.5 Å². The Morgan fingerprint density at radius 2 is 2.15 bits per heavy atom. The molecule has 0 aromatic heterocycles. The Bertz CT molecular complexity index is 455. The molecule has 1 aliphatic carbocycles. The third-order valence-corrected chi connectivity index (χ3v) is 4.00. The van der Waals surface area contributed by atoms with Crippen molar-refractivity contribution in [3.63, 3.8) is 0 Å². The summed E-state index contributed by atoms with van der Waals surface area (Å²) in [6, 6.07) is 9.89. The fraction of sp³-hybridized carbons (Fsp3) is 0.471. The molecule has 0 fully saturated rings. The Morgan fingerprint density at radius 3 is 2.75 bits per heavy atom. The zero-order chi connectivity index (χ0) is 14.4. The van der Waals surface area contributed by atoms with Crippen molar-refractivity contribution in [2.24, 2.45) is 5.92 Å². The molecule has 1 aromatic carbocycles. The number of rotatable bonds is 6. The first-order valence-corrected chi connectivity index (χ1v) is 7.30. The smallest absolute Gasteiger partial charge is 0.223 e. The van der Waals surface area contributed by atoms with E-state index in [4.69, 9.17) is 0 Å². The fourth-order valence-corrected chi connectivity index (χ4v) is 2.79.